The number of halogens is 4. The fourth-order valence-corrected chi connectivity index (χ4v) is 3.60. The van der Waals surface area contributed by atoms with Crippen LogP contribution < -0.4 is 0 Å². The predicted octanol–water partition coefficient (Wildman–Crippen LogP) is 6.05. The van der Waals surface area contributed by atoms with Crippen LogP contribution in [0.5, 0.6) is 0 Å². The van der Waals surface area contributed by atoms with E-state index < -0.39 is 0 Å². The second-order valence-electron chi connectivity index (χ2n) is 3.64. The number of hydrogen-bond acceptors (Lipinski definition) is 1. The van der Waals surface area contributed by atoms with Crippen LogP contribution in [0.4, 0.5) is 4.39 Å². The van der Waals surface area contributed by atoms with Crippen LogP contribution >= 0.6 is 54.8 Å². The van der Waals surface area contributed by atoms with Crippen LogP contribution in [-0.4, -0.2) is 0 Å². The van der Waals surface area contributed by atoms with Gasteiger partial charge in [0.2, 0.25) is 0 Å². The molecule has 0 N–H and O–H groups in total. The van der Waals surface area contributed by atoms with Crippen molar-refractivity contribution in [1.82, 2.24) is 0 Å². The summed E-state index contributed by atoms with van der Waals surface area (Å²) in [6, 6.07) is 6.99. The van der Waals surface area contributed by atoms with Crippen LogP contribution in [0.2, 0.25) is 0 Å². The third-order valence-corrected chi connectivity index (χ3v) is 5.82. The Kier molecular flexibility index (Phi) is 4.29. The molecule has 0 aliphatic rings. The smallest absolute Gasteiger partial charge is 0.137 e. The maximum atomic E-state index is 13.4. The van der Waals surface area contributed by atoms with E-state index in [4.69, 9.17) is 11.6 Å². The summed E-state index contributed by atoms with van der Waals surface area (Å²) in [4.78, 5) is 1.01. The number of aryl methyl sites for hydroxylation is 1. The molecular weight excluding hydrogens is 390 g/mol. The Morgan fingerprint density at radius 3 is 2.53 bits per heavy atom. The van der Waals surface area contributed by atoms with Crippen molar-refractivity contribution in [2.24, 2.45) is 0 Å². The van der Waals surface area contributed by atoms with E-state index in [1.165, 1.54) is 6.07 Å². The zero-order chi connectivity index (χ0) is 12.6. The predicted molar refractivity (Wildman–Crippen MR) is 78.6 cm³/mol. The summed E-state index contributed by atoms with van der Waals surface area (Å²) < 4.78 is 14.9. The van der Waals surface area contributed by atoms with Gasteiger partial charge in [-0.15, -0.1) is 22.9 Å². The second kappa shape index (κ2) is 5.39. The lowest BCUT2D eigenvalue weighted by Crippen LogP contribution is -1.91. The highest BCUT2D eigenvalue weighted by molar-refractivity contribution is 9.11. The van der Waals surface area contributed by atoms with Crippen molar-refractivity contribution in [2.75, 3.05) is 0 Å². The monoisotopic (exact) mass is 396 g/mol. The van der Waals surface area contributed by atoms with Gasteiger partial charge in [0.05, 0.1) is 13.6 Å². The van der Waals surface area contributed by atoms with E-state index in [0.29, 0.717) is 4.47 Å². The van der Waals surface area contributed by atoms with E-state index in [1.54, 1.807) is 17.4 Å². The zero-order valence-corrected chi connectivity index (χ0v) is 13.6. The number of hydrogen-bond donors (Lipinski definition) is 0. The minimum absolute atomic E-state index is 0.291. The molecule has 1 aromatic heterocycles. The SMILES string of the molecule is Cc1cc(C(Cl)c2ccc(Br)c(F)c2)sc1Br. The summed E-state index contributed by atoms with van der Waals surface area (Å²) in [5.74, 6) is -0.291. The van der Waals surface area contributed by atoms with Crippen LogP contribution in [0.15, 0.2) is 32.5 Å². The molecule has 0 nitrogen and oxygen atoms in total. The number of thiophene rings is 1. The molecule has 1 unspecified atom stereocenters. The summed E-state index contributed by atoms with van der Waals surface area (Å²) >= 11 is 14.5. The van der Waals surface area contributed by atoms with Crippen molar-refractivity contribution in [3.63, 3.8) is 0 Å². The molecule has 1 heterocycles. The molecule has 90 valence electrons. The molecule has 0 aliphatic heterocycles. The maximum absolute atomic E-state index is 13.4. The highest BCUT2D eigenvalue weighted by Crippen LogP contribution is 2.38. The van der Waals surface area contributed by atoms with Crippen LogP contribution in [0.3, 0.4) is 0 Å². The Balaban J connectivity index is 2.36. The van der Waals surface area contributed by atoms with Gasteiger partial charge in [-0.2, -0.15) is 0 Å². The first kappa shape index (κ1) is 13.5. The first-order valence-electron chi connectivity index (χ1n) is 4.84. The molecule has 0 radical (unpaired) electrons. The normalized spacial score (nSPS) is 12.8. The third kappa shape index (κ3) is 2.92. The van der Waals surface area contributed by atoms with Gasteiger partial charge in [0.1, 0.15) is 5.82 Å². The van der Waals surface area contributed by atoms with Gasteiger partial charge >= 0.3 is 0 Å². The van der Waals surface area contributed by atoms with E-state index in [-0.39, 0.29) is 11.2 Å². The first-order chi connectivity index (χ1) is 7.99. The van der Waals surface area contributed by atoms with Crippen molar-refractivity contribution in [2.45, 2.75) is 12.3 Å². The number of alkyl halides is 1. The quantitative estimate of drug-likeness (QED) is 0.540. The lowest BCUT2D eigenvalue weighted by molar-refractivity contribution is 0.619. The van der Waals surface area contributed by atoms with Gasteiger partial charge in [-0.1, -0.05) is 6.07 Å². The van der Waals surface area contributed by atoms with Gasteiger partial charge in [0, 0.05) is 4.88 Å². The summed E-state index contributed by atoms with van der Waals surface area (Å²) in [6.07, 6.45) is 0. The molecule has 1 atom stereocenters. The van der Waals surface area contributed by atoms with Gasteiger partial charge in [0.15, 0.2) is 0 Å². The molecular formula is C12H8Br2ClFS. The van der Waals surface area contributed by atoms with Gasteiger partial charge in [-0.3, -0.25) is 0 Å². The largest absolute Gasteiger partial charge is 0.206 e. The fourth-order valence-electron chi connectivity index (χ4n) is 1.44. The van der Waals surface area contributed by atoms with E-state index in [2.05, 4.69) is 31.9 Å². The molecule has 2 rings (SSSR count). The summed E-state index contributed by atoms with van der Waals surface area (Å²) in [7, 11) is 0. The van der Waals surface area contributed by atoms with Gasteiger partial charge < -0.3 is 0 Å². The average molecular weight is 399 g/mol. The van der Waals surface area contributed by atoms with Crippen molar-refractivity contribution in [3.8, 4) is 0 Å². The van der Waals surface area contributed by atoms with Gasteiger partial charge in [-0.25, -0.2) is 4.39 Å². The number of rotatable bonds is 2. The Hall–Kier alpha value is 0.1000. The van der Waals surface area contributed by atoms with Crippen molar-refractivity contribution >= 4 is 54.8 Å². The van der Waals surface area contributed by atoms with Crippen molar-refractivity contribution in [3.05, 3.63) is 54.3 Å². The highest BCUT2D eigenvalue weighted by atomic mass is 79.9. The fraction of sp³-hybridized carbons (Fsp3) is 0.167. The standard InChI is InChI=1S/C12H8Br2ClFS/c1-6-4-10(17-12(6)14)11(15)7-2-3-8(13)9(16)5-7/h2-5,11H,1H3. The molecule has 1 aromatic carbocycles. The molecule has 0 saturated heterocycles. The molecule has 0 fully saturated rings. The van der Waals surface area contributed by atoms with Crippen molar-refractivity contribution in [1.29, 1.82) is 0 Å². The molecule has 5 heteroatoms. The zero-order valence-electron chi connectivity index (χ0n) is 8.81. The summed E-state index contributed by atoms with van der Waals surface area (Å²) in [6.45, 7) is 2.01. The van der Waals surface area contributed by atoms with E-state index in [9.17, 15) is 4.39 Å². The first-order valence-corrected chi connectivity index (χ1v) is 7.68. The van der Waals surface area contributed by atoms with E-state index >= 15 is 0 Å². The minimum Gasteiger partial charge on any atom is -0.206 e. The number of benzene rings is 1. The van der Waals surface area contributed by atoms with Crippen LogP contribution in [0.1, 0.15) is 21.4 Å². The Bertz CT molecular complexity index is 534. The summed E-state index contributed by atoms with van der Waals surface area (Å²) in [5, 5.41) is -0.312. The maximum Gasteiger partial charge on any atom is 0.137 e. The average Bonchev–Trinajstić information content (AvgIpc) is 2.62. The minimum atomic E-state index is -0.312. The molecule has 0 spiro atoms. The Morgan fingerprint density at radius 2 is 2.00 bits per heavy atom. The Labute approximate surface area is 125 Å². The molecule has 0 saturated carbocycles. The molecule has 0 amide bonds. The lowest BCUT2D eigenvalue weighted by Gasteiger charge is -2.08. The third-order valence-electron chi connectivity index (χ3n) is 2.36. The molecule has 2 aromatic rings. The molecule has 17 heavy (non-hydrogen) atoms. The lowest BCUT2D eigenvalue weighted by atomic mass is 10.1. The van der Waals surface area contributed by atoms with Crippen molar-refractivity contribution < 1.29 is 4.39 Å². The Morgan fingerprint density at radius 1 is 1.29 bits per heavy atom. The summed E-state index contributed by atoms with van der Waals surface area (Å²) in [5.41, 5.74) is 1.91. The molecule has 0 bridgehead atoms. The van der Waals surface area contributed by atoms with E-state index in [0.717, 1.165) is 19.8 Å². The highest BCUT2D eigenvalue weighted by Gasteiger charge is 2.16. The van der Waals surface area contributed by atoms with Crippen LogP contribution in [0.25, 0.3) is 0 Å². The van der Waals surface area contributed by atoms with Crippen LogP contribution in [0, 0.1) is 12.7 Å². The van der Waals surface area contributed by atoms with E-state index in [1.807, 2.05) is 19.1 Å². The van der Waals surface area contributed by atoms with Crippen LogP contribution in [-0.2, 0) is 0 Å². The topological polar surface area (TPSA) is 0 Å². The second-order valence-corrected chi connectivity index (χ2v) is 7.33. The van der Waals surface area contributed by atoms with Gasteiger partial charge in [0.25, 0.3) is 0 Å². The van der Waals surface area contributed by atoms with Gasteiger partial charge in [-0.05, 0) is 68.1 Å². The molecule has 0 aliphatic carbocycles.